The fourth-order valence-electron chi connectivity index (χ4n) is 2.35. The molecular formula is C17H26N4O3. The third-order valence-electron chi connectivity index (χ3n) is 3.63. The summed E-state index contributed by atoms with van der Waals surface area (Å²) in [6, 6.07) is 3.12. The summed E-state index contributed by atoms with van der Waals surface area (Å²) in [5, 5.41) is 15.8. The maximum absolute atomic E-state index is 12.0. The second-order valence-corrected chi connectivity index (χ2v) is 6.61. The number of carbonyl (C=O) groups excluding carboxylic acids is 1. The largest absolute Gasteiger partial charge is 0.463 e. The Morgan fingerprint density at radius 3 is 2.79 bits per heavy atom. The first kappa shape index (κ1) is 18.1. The van der Waals surface area contributed by atoms with Crippen LogP contribution in [0.15, 0.2) is 28.9 Å². The Kier molecular flexibility index (Phi) is 5.66. The van der Waals surface area contributed by atoms with Gasteiger partial charge >= 0.3 is 6.03 Å². The summed E-state index contributed by atoms with van der Waals surface area (Å²) in [6.07, 6.45) is 3.63. The number of carbonyl (C=O) groups is 1. The fourth-order valence-corrected chi connectivity index (χ4v) is 2.35. The lowest BCUT2D eigenvalue weighted by molar-refractivity contribution is 0.0359. The van der Waals surface area contributed by atoms with Crippen molar-refractivity contribution in [2.45, 2.75) is 46.4 Å². The molecule has 0 aliphatic carbocycles. The van der Waals surface area contributed by atoms with Crippen molar-refractivity contribution < 1.29 is 14.3 Å². The Balaban J connectivity index is 1.82. The van der Waals surface area contributed by atoms with Gasteiger partial charge in [-0.1, -0.05) is 13.8 Å². The minimum Gasteiger partial charge on any atom is -0.463 e. The lowest BCUT2D eigenvalue weighted by Crippen LogP contribution is -2.43. The number of imidazole rings is 1. The van der Waals surface area contributed by atoms with E-state index in [9.17, 15) is 9.90 Å². The standard InChI is InChI=1S/C17H26N4O3/c1-12(2)10-21-8-7-18-15(21)9-19-16(22)20-11-17(4,23)14-6-5-13(3)24-14/h5-8,12,23H,9-11H2,1-4H3,(H2,19,20,22). The van der Waals surface area contributed by atoms with Gasteiger partial charge in [0.05, 0.1) is 13.1 Å². The number of nitrogens with one attached hydrogen (secondary N) is 2. The van der Waals surface area contributed by atoms with E-state index in [1.807, 2.05) is 10.8 Å². The van der Waals surface area contributed by atoms with E-state index in [1.165, 1.54) is 0 Å². The van der Waals surface area contributed by atoms with Crippen molar-refractivity contribution in [2.24, 2.45) is 5.92 Å². The van der Waals surface area contributed by atoms with Crippen LogP contribution in [-0.4, -0.2) is 27.2 Å². The van der Waals surface area contributed by atoms with E-state index in [2.05, 4.69) is 29.5 Å². The smallest absolute Gasteiger partial charge is 0.315 e. The number of rotatable bonds is 7. The molecule has 0 radical (unpaired) electrons. The van der Waals surface area contributed by atoms with Crippen LogP contribution in [0.5, 0.6) is 0 Å². The molecule has 7 nitrogen and oxygen atoms in total. The number of aryl methyl sites for hydroxylation is 1. The van der Waals surface area contributed by atoms with Crippen LogP contribution in [0.3, 0.4) is 0 Å². The Labute approximate surface area is 142 Å². The monoisotopic (exact) mass is 334 g/mol. The van der Waals surface area contributed by atoms with Gasteiger partial charge in [0.25, 0.3) is 0 Å². The number of furan rings is 1. The summed E-state index contributed by atoms with van der Waals surface area (Å²) in [7, 11) is 0. The van der Waals surface area contributed by atoms with Crippen LogP contribution < -0.4 is 10.6 Å². The SMILES string of the molecule is Cc1ccc(C(C)(O)CNC(=O)NCc2nccn2CC(C)C)o1. The zero-order chi connectivity index (χ0) is 17.7. The van der Waals surface area contributed by atoms with Crippen LogP contribution in [0.1, 0.15) is 38.1 Å². The summed E-state index contributed by atoms with van der Waals surface area (Å²) in [5.74, 6) is 2.44. The molecule has 0 aliphatic rings. The minimum atomic E-state index is -1.26. The summed E-state index contributed by atoms with van der Waals surface area (Å²) in [6.45, 7) is 8.88. The highest BCUT2D eigenvalue weighted by Crippen LogP contribution is 2.21. The number of hydrogen-bond acceptors (Lipinski definition) is 4. The Morgan fingerprint density at radius 1 is 1.42 bits per heavy atom. The van der Waals surface area contributed by atoms with Crippen LogP contribution in [0, 0.1) is 12.8 Å². The van der Waals surface area contributed by atoms with Crippen molar-refractivity contribution in [3.63, 3.8) is 0 Å². The van der Waals surface area contributed by atoms with Crippen molar-refractivity contribution in [1.29, 1.82) is 0 Å². The van der Waals surface area contributed by atoms with E-state index in [-0.39, 0.29) is 12.6 Å². The number of aliphatic hydroxyl groups is 1. The van der Waals surface area contributed by atoms with Crippen LogP contribution in [0.4, 0.5) is 4.79 Å². The molecule has 7 heteroatoms. The number of amides is 2. The molecule has 2 aromatic heterocycles. The van der Waals surface area contributed by atoms with Gasteiger partial charge in [0, 0.05) is 18.9 Å². The molecule has 1 atom stereocenters. The molecule has 24 heavy (non-hydrogen) atoms. The summed E-state index contributed by atoms with van der Waals surface area (Å²) < 4.78 is 7.44. The van der Waals surface area contributed by atoms with Gasteiger partial charge in [-0.15, -0.1) is 0 Å². The van der Waals surface area contributed by atoms with E-state index < -0.39 is 5.60 Å². The van der Waals surface area contributed by atoms with Gasteiger partial charge in [-0.3, -0.25) is 0 Å². The van der Waals surface area contributed by atoms with Crippen LogP contribution in [0.2, 0.25) is 0 Å². The first-order valence-electron chi connectivity index (χ1n) is 8.09. The minimum absolute atomic E-state index is 0.0478. The molecule has 0 aliphatic heterocycles. The molecule has 0 saturated carbocycles. The van der Waals surface area contributed by atoms with E-state index >= 15 is 0 Å². The van der Waals surface area contributed by atoms with E-state index in [1.54, 1.807) is 32.2 Å². The molecule has 2 amide bonds. The molecule has 132 valence electrons. The van der Waals surface area contributed by atoms with E-state index in [4.69, 9.17) is 4.42 Å². The van der Waals surface area contributed by atoms with Gasteiger partial charge in [-0.05, 0) is 31.9 Å². The zero-order valence-corrected chi connectivity index (χ0v) is 14.7. The predicted molar refractivity (Wildman–Crippen MR) is 90.3 cm³/mol. The predicted octanol–water partition coefficient (Wildman–Crippen LogP) is 2.15. The molecule has 0 fully saturated rings. The Hall–Kier alpha value is -2.28. The highest BCUT2D eigenvalue weighted by Gasteiger charge is 2.27. The maximum Gasteiger partial charge on any atom is 0.315 e. The zero-order valence-electron chi connectivity index (χ0n) is 14.7. The molecule has 2 heterocycles. The lowest BCUT2D eigenvalue weighted by atomic mass is 10.0. The summed E-state index contributed by atoms with van der Waals surface area (Å²) >= 11 is 0. The third kappa shape index (κ3) is 4.86. The molecule has 2 aromatic rings. The second kappa shape index (κ2) is 7.53. The fraction of sp³-hybridized carbons (Fsp3) is 0.529. The topological polar surface area (TPSA) is 92.3 Å². The van der Waals surface area contributed by atoms with Gasteiger partial charge in [0.1, 0.15) is 22.9 Å². The first-order chi connectivity index (χ1) is 11.3. The van der Waals surface area contributed by atoms with E-state index in [0.717, 1.165) is 12.4 Å². The van der Waals surface area contributed by atoms with Crippen LogP contribution >= 0.6 is 0 Å². The summed E-state index contributed by atoms with van der Waals surface area (Å²) in [5.41, 5.74) is -1.26. The van der Waals surface area contributed by atoms with Gasteiger partial charge in [-0.25, -0.2) is 9.78 Å². The molecule has 1 unspecified atom stereocenters. The van der Waals surface area contributed by atoms with Crippen molar-refractivity contribution in [3.8, 4) is 0 Å². The van der Waals surface area contributed by atoms with Crippen LogP contribution in [0.25, 0.3) is 0 Å². The van der Waals surface area contributed by atoms with Gasteiger partial charge in [0.2, 0.25) is 0 Å². The number of aromatic nitrogens is 2. The molecule has 3 N–H and O–H groups in total. The van der Waals surface area contributed by atoms with Crippen molar-refractivity contribution in [2.75, 3.05) is 6.54 Å². The molecule has 0 aromatic carbocycles. The summed E-state index contributed by atoms with van der Waals surface area (Å²) in [4.78, 5) is 16.2. The van der Waals surface area contributed by atoms with Gasteiger partial charge in [-0.2, -0.15) is 0 Å². The molecular weight excluding hydrogens is 308 g/mol. The third-order valence-corrected chi connectivity index (χ3v) is 3.63. The Bertz CT molecular complexity index is 673. The number of hydrogen-bond donors (Lipinski definition) is 3. The normalized spacial score (nSPS) is 13.8. The van der Waals surface area contributed by atoms with Crippen molar-refractivity contribution >= 4 is 6.03 Å². The maximum atomic E-state index is 12.0. The highest BCUT2D eigenvalue weighted by molar-refractivity contribution is 5.73. The molecule has 0 bridgehead atoms. The van der Waals surface area contributed by atoms with Gasteiger partial charge in [0.15, 0.2) is 0 Å². The van der Waals surface area contributed by atoms with Gasteiger partial charge < -0.3 is 24.7 Å². The lowest BCUT2D eigenvalue weighted by Gasteiger charge is -2.21. The quantitative estimate of drug-likeness (QED) is 0.723. The molecule has 2 rings (SSSR count). The number of nitrogens with zero attached hydrogens (tertiary/aromatic N) is 2. The van der Waals surface area contributed by atoms with Crippen molar-refractivity contribution in [1.82, 2.24) is 20.2 Å². The average molecular weight is 334 g/mol. The van der Waals surface area contributed by atoms with Crippen LogP contribution in [-0.2, 0) is 18.7 Å². The first-order valence-corrected chi connectivity index (χ1v) is 8.09. The van der Waals surface area contributed by atoms with E-state index in [0.29, 0.717) is 24.0 Å². The molecule has 0 saturated heterocycles. The second-order valence-electron chi connectivity index (χ2n) is 6.61. The highest BCUT2D eigenvalue weighted by atomic mass is 16.4. The van der Waals surface area contributed by atoms with Crippen molar-refractivity contribution in [3.05, 3.63) is 41.9 Å². The average Bonchev–Trinajstić information content (AvgIpc) is 3.12. The molecule has 0 spiro atoms. The number of urea groups is 1. The Morgan fingerprint density at radius 2 is 2.17 bits per heavy atom.